The number of aryl methyl sites for hydroxylation is 1. The summed E-state index contributed by atoms with van der Waals surface area (Å²) >= 11 is 0. The van der Waals surface area contributed by atoms with Gasteiger partial charge in [-0.3, -0.25) is 14.9 Å². The number of nitrogens with zero attached hydrogens (tertiary/aromatic N) is 2. The minimum absolute atomic E-state index is 0.0992. The van der Waals surface area contributed by atoms with E-state index in [2.05, 4.69) is 42.4 Å². The third kappa shape index (κ3) is 3.35. The largest absolute Gasteiger partial charge is 0.366 e. The highest BCUT2D eigenvalue weighted by atomic mass is 16.6. The van der Waals surface area contributed by atoms with Crippen LogP contribution in [-0.4, -0.2) is 28.9 Å². The molecule has 7 nitrogen and oxygen atoms in total. The lowest BCUT2D eigenvalue weighted by Gasteiger charge is -2.28. The third-order valence-corrected chi connectivity index (χ3v) is 5.54. The zero-order valence-electron chi connectivity index (χ0n) is 16.1. The molecule has 0 atom stereocenters. The van der Waals surface area contributed by atoms with Crippen molar-refractivity contribution in [2.45, 2.75) is 19.8 Å². The normalized spacial score (nSPS) is 14.1. The summed E-state index contributed by atoms with van der Waals surface area (Å²) in [5.74, 6) is -0.675. The van der Waals surface area contributed by atoms with Gasteiger partial charge in [-0.25, -0.2) is 0 Å². The average Bonchev–Trinajstić information content (AvgIpc) is 3.17. The Morgan fingerprint density at radius 3 is 2.79 bits per heavy atom. The van der Waals surface area contributed by atoms with E-state index >= 15 is 0 Å². The van der Waals surface area contributed by atoms with Crippen LogP contribution in [0.15, 0.2) is 48.7 Å². The molecule has 1 aliphatic heterocycles. The number of anilines is 1. The van der Waals surface area contributed by atoms with Crippen LogP contribution in [0, 0.1) is 10.1 Å². The minimum atomic E-state index is -0.675. The van der Waals surface area contributed by atoms with E-state index in [1.54, 1.807) is 6.07 Å². The highest BCUT2D eigenvalue weighted by Crippen LogP contribution is 2.35. The molecule has 2 heterocycles. The average molecular weight is 390 g/mol. The van der Waals surface area contributed by atoms with E-state index < -0.39 is 10.8 Å². The highest BCUT2D eigenvalue weighted by Gasteiger charge is 2.24. The van der Waals surface area contributed by atoms with E-state index in [0.29, 0.717) is 18.8 Å². The first kappa shape index (κ1) is 18.7. The number of aromatic nitrogens is 1. The molecule has 1 aliphatic rings. The van der Waals surface area contributed by atoms with E-state index in [0.717, 1.165) is 12.8 Å². The van der Waals surface area contributed by atoms with Gasteiger partial charge in [0.2, 0.25) is 5.91 Å². The molecule has 29 heavy (non-hydrogen) atoms. The highest BCUT2D eigenvalue weighted by molar-refractivity contribution is 5.95. The van der Waals surface area contributed by atoms with Crippen molar-refractivity contribution in [3.8, 4) is 0 Å². The van der Waals surface area contributed by atoms with Gasteiger partial charge in [0.05, 0.1) is 4.92 Å². The fourth-order valence-corrected chi connectivity index (χ4v) is 4.00. The van der Waals surface area contributed by atoms with Crippen LogP contribution in [0.3, 0.4) is 0 Å². The molecule has 2 aromatic carbocycles. The Labute approximate surface area is 168 Å². The first-order valence-electron chi connectivity index (χ1n) is 9.61. The number of nitro benzene ring substituents is 1. The van der Waals surface area contributed by atoms with Gasteiger partial charge in [-0.15, -0.1) is 0 Å². The second kappa shape index (κ2) is 7.43. The summed E-state index contributed by atoms with van der Waals surface area (Å²) in [4.78, 5) is 27.8. The Bertz CT molecular complexity index is 1150. The van der Waals surface area contributed by atoms with Gasteiger partial charge < -0.3 is 15.6 Å². The number of H-pyrrole nitrogens is 1. The van der Waals surface area contributed by atoms with Crippen molar-refractivity contribution in [3.63, 3.8) is 0 Å². The van der Waals surface area contributed by atoms with Gasteiger partial charge in [-0.05, 0) is 36.1 Å². The number of nitrogens with one attached hydrogen (secondary N) is 1. The van der Waals surface area contributed by atoms with Crippen molar-refractivity contribution in [3.05, 3.63) is 75.5 Å². The number of nitrogens with two attached hydrogens (primary N) is 1. The smallest absolute Gasteiger partial charge is 0.293 e. The molecule has 0 unspecified atom stereocenters. The number of carbonyl (C=O) groups excluding carboxylic acids is 1. The summed E-state index contributed by atoms with van der Waals surface area (Å²) in [6.07, 6.45) is 5.92. The lowest BCUT2D eigenvalue weighted by Crippen LogP contribution is -2.29. The monoisotopic (exact) mass is 390 g/mol. The van der Waals surface area contributed by atoms with Gasteiger partial charge in [0, 0.05) is 47.4 Å². The maximum atomic E-state index is 11.5. The molecule has 0 fully saturated rings. The zero-order chi connectivity index (χ0) is 20.5. The number of amides is 1. The predicted octanol–water partition coefficient (Wildman–Crippen LogP) is 4.03. The van der Waals surface area contributed by atoms with Crippen LogP contribution in [0.2, 0.25) is 0 Å². The third-order valence-electron chi connectivity index (χ3n) is 5.54. The van der Waals surface area contributed by atoms with Crippen LogP contribution in [-0.2, 0) is 6.42 Å². The second-order valence-electron chi connectivity index (χ2n) is 7.15. The fraction of sp³-hybridized carbons (Fsp3) is 0.227. The van der Waals surface area contributed by atoms with Crippen LogP contribution in [0.25, 0.3) is 16.5 Å². The topological polar surface area (TPSA) is 105 Å². The number of primary amides is 1. The van der Waals surface area contributed by atoms with Crippen LogP contribution in [0.4, 0.5) is 11.4 Å². The van der Waals surface area contributed by atoms with Crippen molar-refractivity contribution in [2.75, 3.05) is 18.0 Å². The molecule has 0 bridgehead atoms. The summed E-state index contributed by atoms with van der Waals surface area (Å²) in [5.41, 5.74) is 10.7. The summed E-state index contributed by atoms with van der Waals surface area (Å²) in [6.45, 7) is 3.36. The van der Waals surface area contributed by atoms with Gasteiger partial charge in [0.25, 0.3) is 5.69 Å². The Morgan fingerprint density at radius 1 is 1.31 bits per heavy atom. The van der Waals surface area contributed by atoms with E-state index in [-0.39, 0.29) is 11.3 Å². The summed E-state index contributed by atoms with van der Waals surface area (Å²) in [7, 11) is 0. The molecule has 0 aliphatic carbocycles. The molecular weight excluding hydrogens is 368 g/mol. The van der Waals surface area contributed by atoms with E-state index in [9.17, 15) is 14.9 Å². The number of hydrogen-bond donors (Lipinski definition) is 2. The summed E-state index contributed by atoms with van der Waals surface area (Å²) < 4.78 is 0. The molecule has 0 radical (unpaired) electrons. The van der Waals surface area contributed by atoms with Crippen molar-refractivity contribution in [2.24, 2.45) is 5.73 Å². The molecule has 0 saturated carbocycles. The Morgan fingerprint density at radius 2 is 2.14 bits per heavy atom. The van der Waals surface area contributed by atoms with Crippen LogP contribution < -0.4 is 10.6 Å². The molecule has 0 spiro atoms. The lowest BCUT2D eigenvalue weighted by atomic mass is 9.97. The van der Waals surface area contributed by atoms with Crippen molar-refractivity contribution >= 4 is 33.8 Å². The van der Waals surface area contributed by atoms with Crippen LogP contribution in [0.5, 0.6) is 0 Å². The molecule has 7 heteroatoms. The summed E-state index contributed by atoms with van der Waals surface area (Å²) in [6, 6.07) is 10.7. The lowest BCUT2D eigenvalue weighted by molar-refractivity contribution is -0.384. The molecule has 3 N–H and O–H groups in total. The molecule has 1 amide bonds. The van der Waals surface area contributed by atoms with Gasteiger partial charge in [0.1, 0.15) is 5.69 Å². The minimum Gasteiger partial charge on any atom is -0.366 e. The number of carbonyl (C=O) groups is 1. The van der Waals surface area contributed by atoms with Gasteiger partial charge >= 0.3 is 0 Å². The number of benzene rings is 2. The molecule has 4 rings (SSSR count). The number of para-hydroxylation sites is 1. The molecule has 0 saturated heterocycles. The molecule has 1 aromatic heterocycles. The zero-order valence-corrected chi connectivity index (χ0v) is 16.1. The number of hydrogen-bond acceptors (Lipinski definition) is 4. The summed E-state index contributed by atoms with van der Waals surface area (Å²) in [5, 5.41) is 12.7. The first-order valence-corrected chi connectivity index (χ1v) is 9.61. The van der Waals surface area contributed by atoms with E-state index in [1.165, 1.54) is 39.7 Å². The number of rotatable bonds is 5. The predicted molar refractivity (Wildman–Crippen MR) is 114 cm³/mol. The molecule has 3 aromatic rings. The maximum absolute atomic E-state index is 11.5. The van der Waals surface area contributed by atoms with Gasteiger partial charge in [0.15, 0.2) is 0 Å². The van der Waals surface area contributed by atoms with Crippen molar-refractivity contribution < 1.29 is 9.72 Å². The Hall–Kier alpha value is -3.61. The first-order chi connectivity index (χ1) is 14.0. The molecular formula is C22H22N4O3. The van der Waals surface area contributed by atoms with E-state index in [4.69, 9.17) is 5.73 Å². The van der Waals surface area contributed by atoms with E-state index in [1.807, 2.05) is 4.90 Å². The maximum Gasteiger partial charge on any atom is 0.293 e. The fourth-order valence-electron chi connectivity index (χ4n) is 4.00. The Balaban J connectivity index is 1.64. The molecule has 148 valence electrons. The SMILES string of the molecule is CCc1cccc2c(C3=CCN(c4ccc(C(N)=O)cc4[N+](=O)[O-])CC3)c[nH]c12. The quantitative estimate of drug-likeness (QED) is 0.507. The van der Waals surface area contributed by atoms with Crippen LogP contribution >= 0.6 is 0 Å². The number of aromatic amines is 1. The second-order valence-corrected chi connectivity index (χ2v) is 7.15. The number of fused-ring (bicyclic) bond motifs is 1. The Kier molecular flexibility index (Phi) is 4.80. The van der Waals surface area contributed by atoms with Gasteiger partial charge in [-0.1, -0.05) is 31.2 Å². The van der Waals surface area contributed by atoms with Gasteiger partial charge in [-0.2, -0.15) is 0 Å². The van der Waals surface area contributed by atoms with Crippen LogP contribution in [0.1, 0.15) is 34.8 Å². The van der Waals surface area contributed by atoms with Crippen molar-refractivity contribution in [1.29, 1.82) is 0 Å². The standard InChI is InChI=1S/C22H22N4O3/c1-2-14-4-3-5-17-18(13-24-21(14)17)15-8-10-25(11-9-15)19-7-6-16(22(23)27)12-20(19)26(28)29/h3-8,12-13,24H,2,9-11H2,1H3,(H2,23,27). The van der Waals surface area contributed by atoms with Crippen molar-refractivity contribution in [1.82, 2.24) is 4.98 Å². The number of nitro groups is 1.